The first-order chi connectivity index (χ1) is 9.67. The van der Waals surface area contributed by atoms with Crippen LogP contribution in [0.15, 0.2) is 30.3 Å². The maximum atomic E-state index is 11.2. The highest BCUT2D eigenvalue weighted by Gasteiger charge is 2.43. The third kappa shape index (κ3) is 2.80. The van der Waals surface area contributed by atoms with Gasteiger partial charge in [-0.1, -0.05) is 30.3 Å². The van der Waals surface area contributed by atoms with Crippen molar-refractivity contribution in [2.24, 2.45) is 0 Å². The zero-order chi connectivity index (χ0) is 14.0. The summed E-state index contributed by atoms with van der Waals surface area (Å²) in [4.78, 5) is 13.7. The van der Waals surface area contributed by atoms with Crippen molar-refractivity contribution < 1.29 is 9.53 Å². The third-order valence-electron chi connectivity index (χ3n) is 4.57. The Bertz CT molecular complexity index is 467. The summed E-state index contributed by atoms with van der Waals surface area (Å²) in [6.07, 6.45) is 2.69. The molecule has 2 aliphatic heterocycles. The molecule has 2 saturated heterocycles. The van der Waals surface area contributed by atoms with Crippen molar-refractivity contribution in [2.75, 3.05) is 19.6 Å². The molecule has 1 amide bonds. The summed E-state index contributed by atoms with van der Waals surface area (Å²) in [5.41, 5.74) is 1.15. The van der Waals surface area contributed by atoms with Crippen LogP contribution < -0.4 is 5.32 Å². The molecule has 2 heterocycles. The molecule has 4 nitrogen and oxygen atoms in total. The van der Waals surface area contributed by atoms with Crippen molar-refractivity contribution in [1.82, 2.24) is 10.2 Å². The Morgan fingerprint density at radius 2 is 2.00 bits per heavy atom. The molecule has 20 heavy (non-hydrogen) atoms. The minimum atomic E-state index is -0.254. The Hall–Kier alpha value is -1.55. The van der Waals surface area contributed by atoms with E-state index in [4.69, 9.17) is 4.74 Å². The molecule has 1 aromatic rings. The Kier molecular flexibility index (Phi) is 3.66. The van der Waals surface area contributed by atoms with Crippen molar-refractivity contribution in [1.29, 1.82) is 0 Å². The number of carbonyl (C=O) groups excluding carboxylic acids is 1. The molecule has 108 valence electrons. The van der Waals surface area contributed by atoms with Gasteiger partial charge in [0, 0.05) is 32.0 Å². The van der Waals surface area contributed by atoms with Crippen molar-refractivity contribution >= 4 is 6.09 Å². The lowest BCUT2D eigenvalue weighted by Gasteiger charge is -2.40. The van der Waals surface area contributed by atoms with E-state index in [0.717, 1.165) is 32.4 Å². The van der Waals surface area contributed by atoms with Gasteiger partial charge in [0.2, 0.25) is 0 Å². The number of piperidine rings is 1. The number of ether oxygens (including phenoxy) is 1. The van der Waals surface area contributed by atoms with Crippen molar-refractivity contribution in [2.45, 2.75) is 37.8 Å². The van der Waals surface area contributed by atoms with E-state index in [2.05, 4.69) is 47.5 Å². The first-order valence-electron chi connectivity index (χ1n) is 7.42. The molecule has 1 atom stereocenters. The molecular weight excluding hydrogens is 252 g/mol. The van der Waals surface area contributed by atoms with Gasteiger partial charge in [-0.3, -0.25) is 0 Å². The minimum absolute atomic E-state index is 0.236. The third-order valence-corrected chi connectivity index (χ3v) is 4.57. The second kappa shape index (κ2) is 5.44. The highest BCUT2D eigenvalue weighted by Crippen LogP contribution is 2.30. The second-order valence-corrected chi connectivity index (χ2v) is 6.00. The first kappa shape index (κ1) is 13.4. The number of nitrogens with zero attached hydrogens (tertiary/aromatic N) is 1. The predicted molar refractivity (Wildman–Crippen MR) is 77.6 cm³/mol. The summed E-state index contributed by atoms with van der Waals surface area (Å²) in [7, 11) is 0. The summed E-state index contributed by atoms with van der Waals surface area (Å²) in [5.74, 6) is 0. The monoisotopic (exact) mass is 274 g/mol. The molecule has 1 spiro atoms. The van der Waals surface area contributed by atoms with E-state index in [0.29, 0.717) is 12.6 Å². The number of amides is 1. The molecule has 1 unspecified atom stereocenters. The fourth-order valence-corrected chi connectivity index (χ4v) is 3.24. The van der Waals surface area contributed by atoms with Crippen LogP contribution in [0.5, 0.6) is 0 Å². The lowest BCUT2D eigenvalue weighted by molar-refractivity contribution is -0.00786. The molecule has 4 heteroatoms. The number of alkyl carbamates (subject to hydrolysis) is 1. The van der Waals surface area contributed by atoms with Gasteiger partial charge in [0.1, 0.15) is 5.60 Å². The molecule has 2 aliphatic rings. The average molecular weight is 274 g/mol. The molecule has 0 bridgehead atoms. The summed E-state index contributed by atoms with van der Waals surface area (Å²) in [5, 5.41) is 2.78. The molecule has 0 aliphatic carbocycles. The quantitative estimate of drug-likeness (QED) is 0.918. The average Bonchev–Trinajstić information content (AvgIpc) is 2.81. The maximum absolute atomic E-state index is 11.2. The zero-order valence-corrected chi connectivity index (χ0v) is 12.0. The molecule has 1 N–H and O–H groups in total. The standard InChI is InChI=1S/C16H22N2O2/c1-13(11-14-5-3-2-4-6-14)18-9-7-16(8-10-18)12-17-15(19)20-16/h2-6,13H,7-12H2,1H3,(H,17,19). The van der Waals surface area contributed by atoms with Crippen LogP contribution in [0.1, 0.15) is 25.3 Å². The smallest absolute Gasteiger partial charge is 0.407 e. The van der Waals surface area contributed by atoms with E-state index < -0.39 is 0 Å². The van der Waals surface area contributed by atoms with Gasteiger partial charge in [-0.15, -0.1) is 0 Å². The highest BCUT2D eigenvalue weighted by molar-refractivity contribution is 5.70. The summed E-state index contributed by atoms with van der Waals surface area (Å²) in [6, 6.07) is 11.1. The summed E-state index contributed by atoms with van der Waals surface area (Å²) in [6.45, 7) is 4.96. The fourth-order valence-electron chi connectivity index (χ4n) is 3.24. The number of nitrogens with one attached hydrogen (secondary N) is 1. The topological polar surface area (TPSA) is 41.6 Å². The molecule has 0 aromatic heterocycles. The van der Waals surface area contributed by atoms with Crippen LogP contribution in [0.25, 0.3) is 0 Å². The Balaban J connectivity index is 1.54. The lowest BCUT2D eigenvalue weighted by Crippen LogP contribution is -2.49. The molecule has 1 aromatic carbocycles. The Morgan fingerprint density at radius 1 is 1.30 bits per heavy atom. The van der Waals surface area contributed by atoms with Gasteiger partial charge in [0.05, 0.1) is 6.54 Å². The number of hydrogen-bond acceptors (Lipinski definition) is 3. The van der Waals surface area contributed by atoms with E-state index in [1.54, 1.807) is 0 Å². The van der Waals surface area contributed by atoms with E-state index >= 15 is 0 Å². The lowest BCUT2D eigenvalue weighted by atomic mass is 9.90. The van der Waals surface area contributed by atoms with Crippen molar-refractivity contribution in [3.8, 4) is 0 Å². The Morgan fingerprint density at radius 3 is 2.60 bits per heavy atom. The fraction of sp³-hybridized carbons (Fsp3) is 0.562. The molecule has 2 fully saturated rings. The molecular formula is C16H22N2O2. The van der Waals surface area contributed by atoms with Crippen LogP contribution in [-0.4, -0.2) is 42.3 Å². The van der Waals surface area contributed by atoms with E-state index in [9.17, 15) is 4.79 Å². The highest BCUT2D eigenvalue weighted by atomic mass is 16.6. The van der Waals surface area contributed by atoms with E-state index in [1.165, 1.54) is 5.56 Å². The van der Waals surface area contributed by atoms with Crippen LogP contribution in [0.2, 0.25) is 0 Å². The summed E-state index contributed by atoms with van der Waals surface area (Å²) >= 11 is 0. The van der Waals surface area contributed by atoms with Gasteiger partial charge in [-0.05, 0) is 18.9 Å². The normalized spacial score (nSPS) is 23.4. The van der Waals surface area contributed by atoms with Crippen molar-refractivity contribution in [3.63, 3.8) is 0 Å². The zero-order valence-electron chi connectivity index (χ0n) is 12.0. The number of rotatable bonds is 3. The second-order valence-electron chi connectivity index (χ2n) is 6.00. The molecule has 3 rings (SSSR count). The number of hydrogen-bond donors (Lipinski definition) is 1. The van der Waals surface area contributed by atoms with Gasteiger partial charge >= 0.3 is 6.09 Å². The SMILES string of the molecule is CC(Cc1ccccc1)N1CCC2(CC1)CNC(=O)O2. The van der Waals surface area contributed by atoms with Gasteiger partial charge in [-0.2, -0.15) is 0 Å². The number of carbonyl (C=O) groups is 1. The van der Waals surface area contributed by atoms with Gasteiger partial charge in [0.25, 0.3) is 0 Å². The van der Waals surface area contributed by atoms with E-state index in [1.807, 2.05) is 0 Å². The van der Waals surface area contributed by atoms with Crippen LogP contribution >= 0.6 is 0 Å². The predicted octanol–water partition coefficient (Wildman–Crippen LogP) is 2.19. The van der Waals surface area contributed by atoms with Crippen LogP contribution in [0.4, 0.5) is 4.79 Å². The Labute approximate surface area is 120 Å². The molecule has 0 radical (unpaired) electrons. The number of likely N-dealkylation sites (tertiary alicyclic amines) is 1. The van der Waals surface area contributed by atoms with Crippen LogP contribution in [-0.2, 0) is 11.2 Å². The van der Waals surface area contributed by atoms with Crippen LogP contribution in [0, 0.1) is 0 Å². The maximum Gasteiger partial charge on any atom is 0.407 e. The van der Waals surface area contributed by atoms with Gasteiger partial charge in [-0.25, -0.2) is 4.79 Å². The van der Waals surface area contributed by atoms with Crippen LogP contribution in [0.3, 0.4) is 0 Å². The van der Waals surface area contributed by atoms with Gasteiger partial charge in [0.15, 0.2) is 0 Å². The first-order valence-corrected chi connectivity index (χ1v) is 7.42. The summed E-state index contributed by atoms with van der Waals surface area (Å²) < 4.78 is 5.46. The van der Waals surface area contributed by atoms with Gasteiger partial charge < -0.3 is 15.0 Å². The molecule has 0 saturated carbocycles. The minimum Gasteiger partial charge on any atom is -0.441 e. The number of benzene rings is 1. The largest absolute Gasteiger partial charge is 0.441 e. The van der Waals surface area contributed by atoms with Crippen molar-refractivity contribution in [3.05, 3.63) is 35.9 Å². The van der Waals surface area contributed by atoms with E-state index in [-0.39, 0.29) is 11.7 Å².